The Morgan fingerprint density at radius 3 is 2.75 bits per heavy atom. The van der Waals surface area contributed by atoms with E-state index in [9.17, 15) is 19.5 Å². The fourth-order valence-corrected chi connectivity index (χ4v) is 5.57. The number of fused-ring (bicyclic) bond motifs is 2. The van der Waals surface area contributed by atoms with Crippen molar-refractivity contribution in [2.45, 2.75) is 24.2 Å². The number of likely N-dealkylation sites (tertiary alicyclic amines) is 1. The average molecular weight is 459 g/mol. The molecule has 9 heteroatoms. The minimum Gasteiger partial charge on any atom is -0.461 e. The van der Waals surface area contributed by atoms with Crippen LogP contribution in [0.15, 0.2) is 48.6 Å². The van der Waals surface area contributed by atoms with Crippen molar-refractivity contribution in [1.29, 1.82) is 0 Å². The lowest BCUT2D eigenvalue weighted by Crippen LogP contribution is -2.55. The number of carbonyl (C=O) groups is 3. The van der Waals surface area contributed by atoms with Crippen LogP contribution in [0.2, 0.25) is 5.02 Å². The van der Waals surface area contributed by atoms with Crippen LogP contribution in [0.3, 0.4) is 0 Å². The molecule has 4 heterocycles. The molecule has 1 N–H and O–H groups in total. The van der Waals surface area contributed by atoms with Gasteiger partial charge in [-0.05, 0) is 24.6 Å². The zero-order chi connectivity index (χ0) is 22.5. The van der Waals surface area contributed by atoms with Crippen molar-refractivity contribution in [3.63, 3.8) is 0 Å². The van der Waals surface area contributed by atoms with E-state index in [2.05, 4.69) is 0 Å². The van der Waals surface area contributed by atoms with Crippen molar-refractivity contribution in [2.75, 3.05) is 31.2 Å². The number of halogens is 1. The van der Waals surface area contributed by atoms with Gasteiger partial charge in [0.1, 0.15) is 24.2 Å². The summed E-state index contributed by atoms with van der Waals surface area (Å²) in [6.45, 7) is 0.397. The van der Waals surface area contributed by atoms with E-state index < -0.39 is 35.6 Å². The lowest BCUT2D eigenvalue weighted by molar-refractivity contribution is -0.152. The molecule has 0 aliphatic carbocycles. The Kier molecular flexibility index (Phi) is 5.31. The lowest BCUT2D eigenvalue weighted by atomic mass is 9.78. The van der Waals surface area contributed by atoms with Gasteiger partial charge in [0, 0.05) is 19.7 Å². The van der Waals surface area contributed by atoms with Crippen molar-refractivity contribution in [1.82, 2.24) is 4.90 Å². The van der Waals surface area contributed by atoms with E-state index in [1.165, 1.54) is 9.80 Å². The predicted molar refractivity (Wildman–Crippen MR) is 115 cm³/mol. The molecule has 168 valence electrons. The van der Waals surface area contributed by atoms with Crippen LogP contribution in [0.1, 0.15) is 6.42 Å². The molecule has 2 fully saturated rings. The minimum absolute atomic E-state index is 0.121. The normalized spacial score (nSPS) is 33.5. The second-order valence-corrected chi connectivity index (χ2v) is 8.72. The van der Waals surface area contributed by atoms with Crippen molar-refractivity contribution < 1.29 is 29.0 Å². The lowest BCUT2D eigenvalue weighted by Gasteiger charge is -2.35. The van der Waals surface area contributed by atoms with Crippen LogP contribution in [0.4, 0.5) is 5.69 Å². The second-order valence-electron chi connectivity index (χ2n) is 8.31. The number of para-hydroxylation sites is 1. The summed E-state index contributed by atoms with van der Waals surface area (Å²) >= 11 is 6.38. The molecule has 32 heavy (non-hydrogen) atoms. The maximum absolute atomic E-state index is 13.9. The van der Waals surface area contributed by atoms with Crippen molar-refractivity contribution in [3.05, 3.63) is 53.6 Å². The van der Waals surface area contributed by atoms with Crippen LogP contribution in [0, 0.1) is 11.8 Å². The SMILES string of the molecule is O=C1OCC=C[C@@H]2O[C@]34C=CCN(c5ccccc5Cl)C(=O)C3N(CCCO)C(=O)[C@@H]4[C@H]12. The molecule has 4 aliphatic heterocycles. The van der Waals surface area contributed by atoms with E-state index in [4.69, 9.17) is 21.1 Å². The monoisotopic (exact) mass is 458 g/mol. The molecule has 1 aromatic carbocycles. The van der Waals surface area contributed by atoms with Crippen LogP contribution in [-0.4, -0.2) is 71.8 Å². The smallest absolute Gasteiger partial charge is 0.313 e. The van der Waals surface area contributed by atoms with Crippen LogP contribution in [0.5, 0.6) is 0 Å². The predicted octanol–water partition coefficient (Wildman–Crippen LogP) is 1.32. The standard InChI is InChI=1S/C23H23ClN2O6/c24-14-6-1-2-7-15(14)25-10-4-9-23-18(17-16(32-23)8-3-13-31-22(17)30)20(28)26(11-5-12-27)19(23)21(25)29/h1-4,6-9,16-19,27H,5,10-13H2/t16-,17+,18-,19?,23-/m0/s1. The van der Waals surface area contributed by atoms with Crippen LogP contribution < -0.4 is 4.90 Å². The number of anilines is 1. The number of hydrogen-bond acceptors (Lipinski definition) is 6. The zero-order valence-electron chi connectivity index (χ0n) is 17.2. The van der Waals surface area contributed by atoms with E-state index >= 15 is 0 Å². The van der Waals surface area contributed by atoms with Crippen LogP contribution in [0.25, 0.3) is 0 Å². The summed E-state index contributed by atoms with van der Waals surface area (Å²) in [5.74, 6) is -2.93. The maximum atomic E-state index is 13.9. The third-order valence-corrected chi connectivity index (χ3v) is 6.93. The molecule has 1 spiro atoms. The number of amides is 2. The molecule has 0 aromatic heterocycles. The average Bonchev–Trinajstić information content (AvgIpc) is 3.07. The number of hydrogen-bond donors (Lipinski definition) is 1. The van der Waals surface area contributed by atoms with Crippen LogP contribution >= 0.6 is 11.6 Å². The van der Waals surface area contributed by atoms with Crippen molar-refractivity contribution in [2.24, 2.45) is 11.8 Å². The molecule has 4 aliphatic rings. The topological polar surface area (TPSA) is 96.4 Å². The van der Waals surface area contributed by atoms with Gasteiger partial charge >= 0.3 is 5.97 Å². The first-order valence-corrected chi connectivity index (χ1v) is 11.0. The third kappa shape index (κ3) is 3.01. The highest BCUT2D eigenvalue weighted by atomic mass is 35.5. The van der Waals surface area contributed by atoms with Gasteiger partial charge in [0.15, 0.2) is 0 Å². The molecule has 0 saturated carbocycles. The maximum Gasteiger partial charge on any atom is 0.313 e. The molecular weight excluding hydrogens is 436 g/mol. The highest BCUT2D eigenvalue weighted by Gasteiger charge is 2.71. The molecule has 8 nitrogen and oxygen atoms in total. The summed E-state index contributed by atoms with van der Waals surface area (Å²) in [4.78, 5) is 43.3. The summed E-state index contributed by atoms with van der Waals surface area (Å²) in [6, 6.07) is 6.02. The van der Waals surface area contributed by atoms with Gasteiger partial charge in [-0.3, -0.25) is 14.4 Å². The van der Waals surface area contributed by atoms with Gasteiger partial charge < -0.3 is 24.4 Å². The van der Waals surface area contributed by atoms with Gasteiger partial charge in [-0.2, -0.15) is 0 Å². The summed E-state index contributed by atoms with van der Waals surface area (Å²) in [6.07, 6.45) is 6.61. The highest BCUT2D eigenvalue weighted by Crippen LogP contribution is 2.53. The molecule has 2 saturated heterocycles. The summed E-state index contributed by atoms with van der Waals surface area (Å²) in [7, 11) is 0. The molecular formula is C23H23ClN2O6. The number of ether oxygens (including phenoxy) is 2. The Morgan fingerprint density at radius 2 is 1.97 bits per heavy atom. The fourth-order valence-electron chi connectivity index (χ4n) is 5.34. The van der Waals surface area contributed by atoms with E-state index in [1.54, 1.807) is 48.6 Å². The molecule has 1 unspecified atom stereocenters. The largest absolute Gasteiger partial charge is 0.461 e. The molecule has 0 radical (unpaired) electrons. The van der Waals surface area contributed by atoms with Gasteiger partial charge in [0.25, 0.3) is 5.91 Å². The van der Waals surface area contributed by atoms with Gasteiger partial charge in [-0.1, -0.05) is 42.0 Å². The minimum atomic E-state index is -1.31. The Hall–Kier alpha value is -2.68. The Bertz CT molecular complexity index is 1030. The first-order chi connectivity index (χ1) is 15.5. The number of nitrogens with zero attached hydrogens (tertiary/aromatic N) is 2. The van der Waals surface area contributed by atoms with Gasteiger partial charge in [0.2, 0.25) is 5.91 Å². The number of carbonyl (C=O) groups excluding carboxylic acids is 3. The zero-order valence-corrected chi connectivity index (χ0v) is 18.0. The first kappa shape index (κ1) is 21.2. The first-order valence-electron chi connectivity index (χ1n) is 10.7. The van der Waals surface area contributed by atoms with Gasteiger partial charge in [-0.25, -0.2) is 0 Å². The quantitative estimate of drug-likeness (QED) is 0.540. The number of benzene rings is 1. The number of esters is 1. The Morgan fingerprint density at radius 1 is 1.16 bits per heavy atom. The molecule has 1 aromatic rings. The van der Waals surface area contributed by atoms with E-state index in [1.807, 2.05) is 0 Å². The summed E-state index contributed by atoms with van der Waals surface area (Å²) < 4.78 is 11.7. The summed E-state index contributed by atoms with van der Waals surface area (Å²) in [5.41, 5.74) is -0.777. The molecule has 5 rings (SSSR count). The van der Waals surface area contributed by atoms with Crippen molar-refractivity contribution in [3.8, 4) is 0 Å². The van der Waals surface area contributed by atoms with Gasteiger partial charge in [-0.15, -0.1) is 0 Å². The van der Waals surface area contributed by atoms with Crippen molar-refractivity contribution >= 4 is 35.1 Å². The second kappa shape index (κ2) is 8.03. The van der Waals surface area contributed by atoms with Gasteiger partial charge in [0.05, 0.1) is 22.7 Å². The Labute approximate surface area is 190 Å². The highest BCUT2D eigenvalue weighted by molar-refractivity contribution is 6.34. The van der Waals surface area contributed by atoms with E-state index in [0.717, 1.165) is 0 Å². The molecule has 0 bridgehead atoms. The van der Waals surface area contributed by atoms with E-state index in [0.29, 0.717) is 17.1 Å². The molecule has 5 atom stereocenters. The summed E-state index contributed by atoms with van der Waals surface area (Å²) in [5, 5.41) is 9.80. The van der Waals surface area contributed by atoms with Crippen LogP contribution in [-0.2, 0) is 23.9 Å². The Balaban J connectivity index is 1.62. The third-order valence-electron chi connectivity index (χ3n) is 6.61. The molecule has 2 amide bonds. The fraction of sp³-hybridized carbons (Fsp3) is 0.435. The number of cyclic esters (lactones) is 1. The number of aliphatic hydroxyl groups excluding tert-OH is 1. The number of aliphatic hydroxyl groups is 1. The van der Waals surface area contributed by atoms with E-state index in [-0.39, 0.29) is 38.1 Å². The number of rotatable bonds is 4.